The van der Waals surface area contributed by atoms with E-state index in [1.807, 2.05) is 0 Å². The van der Waals surface area contributed by atoms with Crippen LogP contribution in [0.25, 0.3) is 11.1 Å². The molecule has 0 aromatic heterocycles. The Balaban J connectivity index is 2.28. The van der Waals surface area contributed by atoms with E-state index < -0.39 is 50.4 Å². The van der Waals surface area contributed by atoms with Crippen LogP contribution in [-0.2, 0) is 10.0 Å². The second-order valence-electron chi connectivity index (χ2n) is 6.49. The van der Waals surface area contributed by atoms with Gasteiger partial charge in [-0.15, -0.1) is 0 Å². The highest BCUT2D eigenvalue weighted by Gasteiger charge is 2.29. The molecule has 0 aliphatic heterocycles. The molecule has 30 heavy (non-hydrogen) atoms. The van der Waals surface area contributed by atoms with Gasteiger partial charge < -0.3 is 4.90 Å². The molecule has 10 heteroatoms. The Morgan fingerprint density at radius 2 is 1.40 bits per heavy atom. The SMILES string of the molecule is CN(C)c1cc(-c2c(F)c(F)c(F)c(F)c2NS(=O)(=O)c2ccccc2)ccc1F. The summed E-state index contributed by atoms with van der Waals surface area (Å²) < 4.78 is 98.1. The standard InChI is InChI=1S/C20H15F5N2O2S/c1-27(2)14-10-11(8-9-13(14)21)15-16(22)17(23)18(24)19(25)20(15)26-30(28,29)12-6-4-3-5-7-12/h3-10,26H,1-2H3. The summed E-state index contributed by atoms with van der Waals surface area (Å²) >= 11 is 0. The van der Waals surface area contributed by atoms with Gasteiger partial charge in [-0.3, -0.25) is 4.72 Å². The first-order chi connectivity index (χ1) is 14.0. The summed E-state index contributed by atoms with van der Waals surface area (Å²) in [6.45, 7) is 0. The van der Waals surface area contributed by atoms with E-state index in [-0.39, 0.29) is 16.1 Å². The Morgan fingerprint density at radius 1 is 0.800 bits per heavy atom. The minimum absolute atomic E-state index is 0.0612. The zero-order valence-corrected chi connectivity index (χ0v) is 16.5. The maximum Gasteiger partial charge on any atom is 0.262 e. The van der Waals surface area contributed by atoms with Crippen LogP contribution in [0.4, 0.5) is 33.3 Å². The number of hydrogen-bond donors (Lipinski definition) is 1. The summed E-state index contributed by atoms with van der Waals surface area (Å²) in [5, 5.41) is 0. The number of halogens is 5. The maximum absolute atomic E-state index is 14.7. The van der Waals surface area contributed by atoms with Crippen LogP contribution in [0.15, 0.2) is 53.4 Å². The average molecular weight is 442 g/mol. The largest absolute Gasteiger partial charge is 0.375 e. The molecule has 0 amide bonds. The third-order valence-corrected chi connectivity index (χ3v) is 5.64. The van der Waals surface area contributed by atoms with Crippen molar-refractivity contribution in [3.63, 3.8) is 0 Å². The van der Waals surface area contributed by atoms with Gasteiger partial charge in [0.05, 0.1) is 16.3 Å². The van der Waals surface area contributed by atoms with Crippen molar-refractivity contribution >= 4 is 21.4 Å². The normalized spacial score (nSPS) is 11.4. The first-order valence-electron chi connectivity index (χ1n) is 8.45. The monoisotopic (exact) mass is 442 g/mol. The van der Waals surface area contributed by atoms with Crippen LogP contribution < -0.4 is 9.62 Å². The third-order valence-electron chi connectivity index (χ3n) is 4.27. The number of rotatable bonds is 5. The Kier molecular flexibility index (Phi) is 5.71. The van der Waals surface area contributed by atoms with Crippen LogP contribution in [0, 0.1) is 29.1 Å². The van der Waals surface area contributed by atoms with Gasteiger partial charge in [-0.1, -0.05) is 24.3 Å². The van der Waals surface area contributed by atoms with E-state index >= 15 is 0 Å². The van der Waals surface area contributed by atoms with Crippen LogP contribution in [0.3, 0.4) is 0 Å². The van der Waals surface area contributed by atoms with Crippen molar-refractivity contribution < 1.29 is 30.4 Å². The van der Waals surface area contributed by atoms with Gasteiger partial charge in [0.2, 0.25) is 0 Å². The van der Waals surface area contributed by atoms with Crippen molar-refractivity contribution in [2.45, 2.75) is 4.90 Å². The Bertz CT molecular complexity index is 1220. The van der Waals surface area contributed by atoms with Crippen molar-refractivity contribution in [2.24, 2.45) is 0 Å². The summed E-state index contributed by atoms with van der Waals surface area (Å²) in [4.78, 5) is 1.01. The fourth-order valence-electron chi connectivity index (χ4n) is 2.80. The number of hydrogen-bond acceptors (Lipinski definition) is 3. The quantitative estimate of drug-likeness (QED) is 0.347. The molecule has 0 aliphatic rings. The van der Waals surface area contributed by atoms with E-state index in [1.165, 1.54) is 49.3 Å². The molecule has 0 saturated carbocycles. The summed E-state index contributed by atoms with van der Waals surface area (Å²) in [6, 6.07) is 9.64. The molecule has 3 aromatic carbocycles. The topological polar surface area (TPSA) is 49.4 Å². The van der Waals surface area contributed by atoms with Crippen molar-refractivity contribution in [1.82, 2.24) is 0 Å². The molecule has 0 spiro atoms. The van der Waals surface area contributed by atoms with Crippen LogP contribution in [0.2, 0.25) is 0 Å². The summed E-state index contributed by atoms with van der Waals surface area (Å²) in [7, 11) is -1.53. The number of anilines is 2. The summed E-state index contributed by atoms with van der Waals surface area (Å²) in [5.74, 6) is -8.77. The third kappa shape index (κ3) is 3.82. The molecule has 0 fully saturated rings. The van der Waals surface area contributed by atoms with Crippen LogP contribution in [-0.4, -0.2) is 22.5 Å². The van der Waals surface area contributed by atoms with Gasteiger partial charge >= 0.3 is 0 Å². The number of nitrogens with one attached hydrogen (secondary N) is 1. The lowest BCUT2D eigenvalue weighted by atomic mass is 10.0. The molecule has 3 rings (SSSR count). The van der Waals surface area contributed by atoms with Crippen molar-refractivity contribution in [1.29, 1.82) is 0 Å². The number of benzene rings is 3. The van der Waals surface area contributed by atoms with Crippen LogP contribution >= 0.6 is 0 Å². The first kappa shape index (κ1) is 21.6. The predicted octanol–water partition coefficient (Wildman–Crippen LogP) is 4.92. The van der Waals surface area contributed by atoms with E-state index in [9.17, 15) is 30.4 Å². The lowest BCUT2D eigenvalue weighted by Crippen LogP contribution is -2.17. The number of sulfonamides is 1. The fourth-order valence-corrected chi connectivity index (χ4v) is 3.90. The second kappa shape index (κ2) is 7.94. The Labute approximate surface area is 169 Å². The van der Waals surface area contributed by atoms with Gasteiger partial charge in [-0.2, -0.15) is 0 Å². The van der Waals surface area contributed by atoms with Gasteiger partial charge in [0, 0.05) is 19.7 Å². The molecule has 1 N–H and O–H groups in total. The van der Waals surface area contributed by atoms with Gasteiger partial charge in [0.15, 0.2) is 23.3 Å². The fraction of sp³-hybridized carbons (Fsp3) is 0.100. The average Bonchev–Trinajstić information content (AvgIpc) is 2.72. The molecule has 158 valence electrons. The predicted molar refractivity (Wildman–Crippen MR) is 103 cm³/mol. The molecule has 0 aliphatic carbocycles. The van der Waals surface area contributed by atoms with Crippen molar-refractivity contribution in [3.8, 4) is 11.1 Å². The molecule has 0 heterocycles. The summed E-state index contributed by atoms with van der Waals surface area (Å²) in [5.41, 5.74) is -2.35. The molecular weight excluding hydrogens is 427 g/mol. The lowest BCUT2D eigenvalue weighted by molar-refractivity contribution is 0.413. The smallest absolute Gasteiger partial charge is 0.262 e. The van der Waals surface area contributed by atoms with Crippen molar-refractivity contribution in [2.75, 3.05) is 23.7 Å². The summed E-state index contributed by atoms with van der Waals surface area (Å²) in [6.07, 6.45) is 0. The van der Waals surface area contributed by atoms with Gasteiger partial charge in [-0.05, 0) is 29.8 Å². The van der Waals surface area contributed by atoms with Gasteiger partial charge in [-0.25, -0.2) is 30.4 Å². The second-order valence-corrected chi connectivity index (χ2v) is 8.17. The van der Waals surface area contributed by atoms with Crippen molar-refractivity contribution in [3.05, 3.63) is 77.6 Å². The highest BCUT2D eigenvalue weighted by Crippen LogP contribution is 2.39. The maximum atomic E-state index is 14.7. The minimum Gasteiger partial charge on any atom is -0.375 e. The molecule has 0 bridgehead atoms. The lowest BCUT2D eigenvalue weighted by Gasteiger charge is -2.18. The molecule has 3 aromatic rings. The molecule has 0 unspecified atom stereocenters. The van der Waals surface area contributed by atoms with E-state index in [0.29, 0.717) is 0 Å². The Hall–Kier alpha value is -3.14. The van der Waals surface area contributed by atoms with E-state index in [0.717, 1.165) is 18.2 Å². The van der Waals surface area contributed by atoms with E-state index in [1.54, 1.807) is 4.72 Å². The van der Waals surface area contributed by atoms with E-state index in [2.05, 4.69) is 0 Å². The number of nitrogens with zero attached hydrogens (tertiary/aromatic N) is 1. The molecular formula is C20H15F5N2O2S. The zero-order valence-electron chi connectivity index (χ0n) is 15.7. The minimum atomic E-state index is -4.48. The van der Waals surface area contributed by atoms with Gasteiger partial charge in [0.1, 0.15) is 5.82 Å². The van der Waals surface area contributed by atoms with E-state index in [4.69, 9.17) is 0 Å². The Morgan fingerprint density at radius 3 is 2.00 bits per heavy atom. The first-order valence-corrected chi connectivity index (χ1v) is 9.94. The zero-order chi connectivity index (χ0) is 22.2. The molecule has 4 nitrogen and oxygen atoms in total. The molecule has 0 atom stereocenters. The molecule has 0 saturated heterocycles. The highest BCUT2D eigenvalue weighted by molar-refractivity contribution is 7.92. The van der Waals surface area contributed by atoms with Crippen LogP contribution in [0.5, 0.6) is 0 Å². The highest BCUT2D eigenvalue weighted by atomic mass is 32.2. The van der Waals surface area contributed by atoms with Crippen LogP contribution in [0.1, 0.15) is 0 Å². The van der Waals surface area contributed by atoms with Gasteiger partial charge in [0.25, 0.3) is 10.0 Å². The molecule has 0 radical (unpaired) electrons.